The number of nitrogens with zero attached hydrogens (tertiary/aromatic N) is 3. The van der Waals surface area contributed by atoms with E-state index in [2.05, 4.69) is 44.3 Å². The standard InChI is InChI=1S/C23H30N6O/c1-3-16(2)20(27-17-8-5-4-6-9-17)23(30)28-18-10-7-13-29(14-18)22-19-11-12-24-21(19)25-15-26-22/h4-6,8-9,11-12,15-16,18,20,27H,3,7,10,13-14H2,1-2H3,(H,28,30)(H,24,25,26)/t16-,18?,20-/m1/s1. The zero-order valence-electron chi connectivity index (χ0n) is 17.6. The van der Waals surface area contributed by atoms with Crippen LogP contribution in [0.25, 0.3) is 11.0 Å². The van der Waals surface area contributed by atoms with Crippen molar-refractivity contribution in [1.29, 1.82) is 0 Å². The lowest BCUT2D eigenvalue weighted by Crippen LogP contribution is -2.53. The van der Waals surface area contributed by atoms with Gasteiger partial charge in [-0.1, -0.05) is 38.5 Å². The van der Waals surface area contributed by atoms with Crippen LogP contribution in [-0.4, -0.2) is 46.0 Å². The highest BCUT2D eigenvalue weighted by Crippen LogP contribution is 2.25. The molecule has 1 aliphatic heterocycles. The van der Waals surface area contributed by atoms with E-state index in [1.807, 2.05) is 42.6 Å². The second kappa shape index (κ2) is 9.15. The first-order valence-electron chi connectivity index (χ1n) is 10.8. The Labute approximate surface area is 177 Å². The molecule has 1 amide bonds. The lowest BCUT2D eigenvalue weighted by molar-refractivity contribution is -0.123. The Balaban J connectivity index is 1.45. The predicted molar refractivity (Wildman–Crippen MR) is 121 cm³/mol. The summed E-state index contributed by atoms with van der Waals surface area (Å²) >= 11 is 0. The van der Waals surface area contributed by atoms with Crippen LogP contribution in [0.3, 0.4) is 0 Å². The highest BCUT2D eigenvalue weighted by Gasteiger charge is 2.29. The van der Waals surface area contributed by atoms with Gasteiger partial charge in [0.2, 0.25) is 5.91 Å². The number of aromatic nitrogens is 3. The number of para-hydroxylation sites is 1. The van der Waals surface area contributed by atoms with Gasteiger partial charge in [-0.3, -0.25) is 4.79 Å². The van der Waals surface area contributed by atoms with Crippen molar-refractivity contribution in [3.8, 4) is 0 Å². The first-order chi connectivity index (χ1) is 14.7. The Morgan fingerprint density at radius 1 is 1.27 bits per heavy atom. The van der Waals surface area contributed by atoms with Gasteiger partial charge in [0.15, 0.2) is 0 Å². The van der Waals surface area contributed by atoms with Gasteiger partial charge in [0.25, 0.3) is 0 Å². The number of nitrogens with one attached hydrogen (secondary N) is 3. The summed E-state index contributed by atoms with van der Waals surface area (Å²) in [4.78, 5) is 27.4. The molecule has 3 N–H and O–H groups in total. The van der Waals surface area contributed by atoms with E-state index in [9.17, 15) is 4.79 Å². The molecule has 0 spiro atoms. The molecule has 2 aromatic heterocycles. The fourth-order valence-corrected chi connectivity index (χ4v) is 4.10. The van der Waals surface area contributed by atoms with E-state index in [0.29, 0.717) is 0 Å². The third-order valence-electron chi connectivity index (χ3n) is 5.99. The maximum absolute atomic E-state index is 13.2. The van der Waals surface area contributed by atoms with Crippen molar-refractivity contribution >= 4 is 28.4 Å². The summed E-state index contributed by atoms with van der Waals surface area (Å²) in [6.45, 7) is 5.93. The Hall–Kier alpha value is -3.09. The van der Waals surface area contributed by atoms with Gasteiger partial charge in [-0.15, -0.1) is 0 Å². The van der Waals surface area contributed by atoms with Crippen LogP contribution in [0.5, 0.6) is 0 Å². The van der Waals surface area contributed by atoms with E-state index in [1.54, 1.807) is 6.33 Å². The predicted octanol–water partition coefficient (Wildman–Crippen LogP) is 3.57. The quantitative estimate of drug-likeness (QED) is 0.558. The van der Waals surface area contributed by atoms with Crippen LogP contribution in [0, 0.1) is 5.92 Å². The highest BCUT2D eigenvalue weighted by molar-refractivity contribution is 5.88. The van der Waals surface area contributed by atoms with Crippen molar-refractivity contribution in [2.45, 2.75) is 45.2 Å². The third-order valence-corrected chi connectivity index (χ3v) is 5.99. The van der Waals surface area contributed by atoms with Crippen molar-refractivity contribution in [3.63, 3.8) is 0 Å². The topological polar surface area (TPSA) is 85.9 Å². The molecular formula is C23H30N6O. The first-order valence-corrected chi connectivity index (χ1v) is 10.8. The van der Waals surface area contributed by atoms with Crippen molar-refractivity contribution in [3.05, 3.63) is 48.9 Å². The second-order valence-electron chi connectivity index (χ2n) is 8.10. The summed E-state index contributed by atoms with van der Waals surface area (Å²) in [5.74, 6) is 1.22. The molecule has 0 saturated carbocycles. The van der Waals surface area contributed by atoms with Gasteiger partial charge in [0.05, 0.1) is 5.39 Å². The molecule has 0 radical (unpaired) electrons. The van der Waals surface area contributed by atoms with Crippen LogP contribution < -0.4 is 15.5 Å². The molecule has 7 heteroatoms. The van der Waals surface area contributed by atoms with E-state index in [-0.39, 0.29) is 23.9 Å². The molecule has 3 aromatic rings. The lowest BCUT2D eigenvalue weighted by atomic mass is 9.96. The average Bonchev–Trinajstić information content (AvgIpc) is 3.27. The van der Waals surface area contributed by atoms with E-state index >= 15 is 0 Å². The number of fused-ring (bicyclic) bond motifs is 1. The molecule has 1 saturated heterocycles. The van der Waals surface area contributed by atoms with Gasteiger partial charge in [0, 0.05) is 31.0 Å². The molecule has 3 heterocycles. The number of carbonyl (C=O) groups is 1. The molecular weight excluding hydrogens is 376 g/mol. The van der Waals surface area contributed by atoms with Gasteiger partial charge >= 0.3 is 0 Å². The number of carbonyl (C=O) groups excluding carboxylic acids is 1. The molecule has 1 unspecified atom stereocenters. The van der Waals surface area contributed by atoms with Gasteiger partial charge in [-0.05, 0) is 37.0 Å². The zero-order chi connectivity index (χ0) is 20.9. The van der Waals surface area contributed by atoms with Crippen LogP contribution >= 0.6 is 0 Å². The molecule has 1 fully saturated rings. The summed E-state index contributed by atoms with van der Waals surface area (Å²) in [7, 11) is 0. The number of rotatable bonds is 7. The summed E-state index contributed by atoms with van der Waals surface area (Å²) in [5, 5.41) is 7.76. The summed E-state index contributed by atoms with van der Waals surface area (Å²) in [5.41, 5.74) is 1.81. The number of H-pyrrole nitrogens is 1. The number of hydrogen-bond acceptors (Lipinski definition) is 5. The zero-order valence-corrected chi connectivity index (χ0v) is 17.6. The summed E-state index contributed by atoms with van der Waals surface area (Å²) < 4.78 is 0. The van der Waals surface area contributed by atoms with Crippen LogP contribution in [-0.2, 0) is 4.79 Å². The van der Waals surface area contributed by atoms with Gasteiger partial charge < -0.3 is 20.5 Å². The molecule has 158 valence electrons. The molecule has 3 atom stereocenters. The molecule has 4 rings (SSSR count). The van der Waals surface area contributed by atoms with E-state index in [0.717, 1.165) is 54.9 Å². The minimum absolute atomic E-state index is 0.0644. The maximum atomic E-state index is 13.2. The van der Waals surface area contributed by atoms with E-state index < -0.39 is 0 Å². The number of hydrogen-bond donors (Lipinski definition) is 3. The number of aromatic amines is 1. The van der Waals surface area contributed by atoms with Crippen LogP contribution in [0.15, 0.2) is 48.9 Å². The first kappa shape index (κ1) is 20.2. The van der Waals surface area contributed by atoms with E-state index in [1.165, 1.54) is 0 Å². The minimum Gasteiger partial charge on any atom is -0.373 e. The molecule has 30 heavy (non-hydrogen) atoms. The SMILES string of the molecule is CC[C@@H](C)[C@@H](Nc1ccccc1)C(=O)NC1CCCN(c2ncnc3[nH]ccc23)C1. The minimum atomic E-state index is -0.261. The summed E-state index contributed by atoms with van der Waals surface area (Å²) in [6.07, 6.45) is 6.40. The van der Waals surface area contributed by atoms with Gasteiger partial charge in [-0.2, -0.15) is 0 Å². The summed E-state index contributed by atoms with van der Waals surface area (Å²) in [6, 6.07) is 11.8. The largest absolute Gasteiger partial charge is 0.373 e. The number of amides is 1. The third kappa shape index (κ3) is 4.40. The Morgan fingerprint density at radius 3 is 2.90 bits per heavy atom. The molecule has 0 bridgehead atoms. The Morgan fingerprint density at radius 2 is 2.10 bits per heavy atom. The van der Waals surface area contributed by atoms with Crippen LogP contribution in [0.4, 0.5) is 11.5 Å². The lowest BCUT2D eigenvalue weighted by Gasteiger charge is -2.35. The molecule has 0 aliphatic carbocycles. The smallest absolute Gasteiger partial charge is 0.243 e. The van der Waals surface area contributed by atoms with E-state index in [4.69, 9.17) is 0 Å². The number of benzene rings is 1. The second-order valence-corrected chi connectivity index (χ2v) is 8.10. The van der Waals surface area contributed by atoms with Crippen molar-refractivity contribution in [2.24, 2.45) is 5.92 Å². The van der Waals surface area contributed by atoms with Crippen molar-refractivity contribution in [1.82, 2.24) is 20.3 Å². The Bertz CT molecular complexity index is 972. The maximum Gasteiger partial charge on any atom is 0.243 e. The number of piperidine rings is 1. The average molecular weight is 407 g/mol. The molecule has 7 nitrogen and oxygen atoms in total. The van der Waals surface area contributed by atoms with Gasteiger partial charge in [0.1, 0.15) is 23.8 Å². The van der Waals surface area contributed by atoms with Gasteiger partial charge in [-0.25, -0.2) is 9.97 Å². The van der Waals surface area contributed by atoms with Crippen molar-refractivity contribution in [2.75, 3.05) is 23.3 Å². The number of anilines is 2. The van der Waals surface area contributed by atoms with Crippen LogP contribution in [0.1, 0.15) is 33.1 Å². The Kier molecular flexibility index (Phi) is 6.16. The molecule has 1 aliphatic rings. The highest BCUT2D eigenvalue weighted by atomic mass is 16.2. The fourth-order valence-electron chi connectivity index (χ4n) is 4.10. The molecule has 1 aromatic carbocycles. The monoisotopic (exact) mass is 406 g/mol. The fraction of sp³-hybridized carbons (Fsp3) is 0.435. The normalized spacial score (nSPS) is 18.7. The van der Waals surface area contributed by atoms with Crippen LogP contribution in [0.2, 0.25) is 0 Å². The van der Waals surface area contributed by atoms with Crippen molar-refractivity contribution < 1.29 is 4.79 Å².